The molecule has 0 bridgehead atoms. The van der Waals surface area contributed by atoms with E-state index in [0.717, 1.165) is 32.1 Å². The molecule has 0 spiro atoms. The van der Waals surface area contributed by atoms with Crippen molar-refractivity contribution in [2.24, 2.45) is 46.3 Å². The van der Waals surface area contributed by atoms with Gasteiger partial charge in [0.05, 0.1) is 12.2 Å². The van der Waals surface area contributed by atoms with Crippen LogP contribution in [0, 0.1) is 46.3 Å². The zero-order valence-corrected chi connectivity index (χ0v) is 17.9. The Hall–Kier alpha value is -0.610. The van der Waals surface area contributed by atoms with Crippen molar-refractivity contribution >= 4 is 5.97 Å². The minimum absolute atomic E-state index is 0. The summed E-state index contributed by atoms with van der Waals surface area (Å²) in [6, 6.07) is 0. The first-order valence-electron chi connectivity index (χ1n) is 11.7. The normalized spacial score (nSPS) is 48.2. The minimum Gasteiger partial charge on any atom is -0.481 e. The predicted molar refractivity (Wildman–Crippen MR) is 122 cm³/mol. The average molecular weight is 425 g/mol. The molecule has 4 aliphatic carbocycles. The second-order valence-corrected chi connectivity index (χ2v) is 11.4. The molecule has 4 fully saturated rings. The number of hydrogen-bond donors (Lipinski definition) is 3. The van der Waals surface area contributed by atoms with Crippen molar-refractivity contribution < 1.29 is 20.1 Å². The third-order valence-corrected chi connectivity index (χ3v) is 10.2. The Kier molecular flexibility index (Phi) is 7.78. The van der Waals surface area contributed by atoms with E-state index in [1.807, 2.05) is 0 Å². The molecule has 4 saturated carbocycles. The van der Waals surface area contributed by atoms with E-state index < -0.39 is 5.97 Å². The molecular formula is C26H48O4. The Morgan fingerprint density at radius 1 is 0.967 bits per heavy atom. The lowest BCUT2D eigenvalue weighted by Crippen LogP contribution is -2.58. The Labute approximate surface area is 184 Å². The van der Waals surface area contributed by atoms with Crippen molar-refractivity contribution in [2.75, 3.05) is 0 Å². The second-order valence-electron chi connectivity index (χ2n) is 11.4. The highest BCUT2D eigenvalue weighted by Gasteiger charge is 2.62. The van der Waals surface area contributed by atoms with E-state index in [4.69, 9.17) is 5.11 Å². The Morgan fingerprint density at radius 2 is 1.60 bits per heavy atom. The van der Waals surface area contributed by atoms with Gasteiger partial charge in [0.25, 0.3) is 0 Å². The molecule has 4 heteroatoms. The van der Waals surface area contributed by atoms with Gasteiger partial charge in [0.1, 0.15) is 0 Å². The first kappa shape index (κ1) is 25.6. The highest BCUT2D eigenvalue weighted by atomic mass is 16.4. The number of hydrogen-bond acceptors (Lipinski definition) is 3. The monoisotopic (exact) mass is 424 g/mol. The molecule has 0 heterocycles. The SMILES string of the molecule is C.C.CC(CCC(=O)O)C1CCC2C3C(O)CC4CC(O)CCC4(C)C3CCC12C. The Balaban J connectivity index is 0.00000160. The van der Waals surface area contributed by atoms with Crippen molar-refractivity contribution in [3.63, 3.8) is 0 Å². The summed E-state index contributed by atoms with van der Waals surface area (Å²) in [6.07, 6.45) is 9.19. The number of aliphatic carboxylic acids is 1. The van der Waals surface area contributed by atoms with Crippen molar-refractivity contribution in [2.45, 2.75) is 112 Å². The molecule has 0 aliphatic heterocycles. The third-order valence-electron chi connectivity index (χ3n) is 10.2. The minimum atomic E-state index is -0.684. The molecule has 0 amide bonds. The lowest BCUT2D eigenvalue weighted by molar-refractivity contribution is -0.174. The molecule has 10 atom stereocenters. The van der Waals surface area contributed by atoms with Gasteiger partial charge in [-0.15, -0.1) is 0 Å². The summed E-state index contributed by atoms with van der Waals surface area (Å²) in [5.74, 6) is 2.36. The van der Waals surface area contributed by atoms with E-state index in [1.165, 1.54) is 25.7 Å². The maximum absolute atomic E-state index is 11.2. The van der Waals surface area contributed by atoms with Gasteiger partial charge >= 0.3 is 5.97 Å². The Morgan fingerprint density at radius 3 is 2.27 bits per heavy atom. The number of carbonyl (C=O) groups is 1. The predicted octanol–water partition coefficient (Wildman–Crippen LogP) is 5.75. The number of carboxylic acid groups (broad SMARTS) is 1. The van der Waals surface area contributed by atoms with E-state index in [2.05, 4.69) is 20.8 Å². The molecule has 3 N–H and O–H groups in total. The lowest BCUT2D eigenvalue weighted by Gasteiger charge is -2.62. The van der Waals surface area contributed by atoms with Gasteiger partial charge in [-0.2, -0.15) is 0 Å². The number of aliphatic hydroxyl groups excluding tert-OH is 2. The standard InChI is InChI=1S/C24H40O4.2CH4/c1-14(4-7-21(27)28)17-5-6-18-22-19(9-11-24(17,18)3)23(2)10-8-16(25)12-15(23)13-20(22)26;;/h14-20,22,25-26H,4-13H2,1-3H3,(H,27,28);2*1H4. The van der Waals surface area contributed by atoms with Crippen LogP contribution in [0.3, 0.4) is 0 Å². The van der Waals surface area contributed by atoms with Crippen LogP contribution in [0.4, 0.5) is 0 Å². The fourth-order valence-corrected chi connectivity index (χ4v) is 8.73. The fraction of sp³-hybridized carbons (Fsp3) is 0.962. The van der Waals surface area contributed by atoms with Crippen LogP contribution >= 0.6 is 0 Å². The van der Waals surface area contributed by atoms with Crippen LogP contribution in [0.1, 0.15) is 99.8 Å². The first-order valence-corrected chi connectivity index (χ1v) is 11.7. The molecule has 0 radical (unpaired) electrons. The van der Waals surface area contributed by atoms with Crippen LogP contribution in [-0.2, 0) is 4.79 Å². The van der Waals surface area contributed by atoms with Crippen LogP contribution in [0.15, 0.2) is 0 Å². The number of carboxylic acids is 1. The third kappa shape index (κ3) is 3.96. The van der Waals surface area contributed by atoms with E-state index in [9.17, 15) is 15.0 Å². The maximum atomic E-state index is 11.2. The van der Waals surface area contributed by atoms with Gasteiger partial charge in [-0.05, 0) is 104 Å². The summed E-state index contributed by atoms with van der Waals surface area (Å²) >= 11 is 0. The number of aliphatic hydroxyl groups is 2. The van der Waals surface area contributed by atoms with Crippen LogP contribution in [-0.4, -0.2) is 33.5 Å². The van der Waals surface area contributed by atoms with Crippen LogP contribution in [0.25, 0.3) is 0 Å². The van der Waals surface area contributed by atoms with Crippen LogP contribution < -0.4 is 0 Å². The molecule has 176 valence electrons. The number of fused-ring (bicyclic) bond motifs is 5. The van der Waals surface area contributed by atoms with Crippen molar-refractivity contribution in [3.8, 4) is 0 Å². The smallest absolute Gasteiger partial charge is 0.303 e. The highest BCUT2D eigenvalue weighted by Crippen LogP contribution is 2.68. The van der Waals surface area contributed by atoms with Crippen molar-refractivity contribution in [3.05, 3.63) is 0 Å². The van der Waals surface area contributed by atoms with Crippen molar-refractivity contribution in [1.82, 2.24) is 0 Å². The summed E-state index contributed by atoms with van der Waals surface area (Å²) < 4.78 is 0. The molecule has 10 unspecified atom stereocenters. The quantitative estimate of drug-likeness (QED) is 0.537. The molecule has 0 aromatic carbocycles. The van der Waals surface area contributed by atoms with Crippen molar-refractivity contribution in [1.29, 1.82) is 0 Å². The van der Waals surface area contributed by atoms with Gasteiger partial charge in [-0.3, -0.25) is 4.79 Å². The summed E-state index contributed by atoms with van der Waals surface area (Å²) in [4.78, 5) is 11.1. The number of rotatable bonds is 4. The zero-order chi connectivity index (χ0) is 20.3. The molecule has 4 rings (SSSR count). The summed E-state index contributed by atoms with van der Waals surface area (Å²) in [6.45, 7) is 7.16. The molecule has 0 aromatic rings. The highest BCUT2D eigenvalue weighted by molar-refractivity contribution is 5.66. The van der Waals surface area contributed by atoms with E-state index in [-0.39, 0.29) is 44.3 Å². The van der Waals surface area contributed by atoms with Gasteiger partial charge < -0.3 is 15.3 Å². The van der Waals surface area contributed by atoms with Gasteiger partial charge in [-0.1, -0.05) is 35.6 Å². The van der Waals surface area contributed by atoms with Crippen LogP contribution in [0.5, 0.6) is 0 Å². The fourth-order valence-electron chi connectivity index (χ4n) is 8.73. The summed E-state index contributed by atoms with van der Waals surface area (Å²) in [7, 11) is 0. The maximum Gasteiger partial charge on any atom is 0.303 e. The lowest BCUT2D eigenvalue weighted by atomic mass is 9.43. The van der Waals surface area contributed by atoms with Gasteiger partial charge in [0, 0.05) is 6.42 Å². The zero-order valence-electron chi connectivity index (χ0n) is 17.9. The summed E-state index contributed by atoms with van der Waals surface area (Å²) in [5.41, 5.74) is 0.523. The van der Waals surface area contributed by atoms with E-state index in [1.54, 1.807) is 0 Å². The average Bonchev–Trinajstić information content (AvgIpc) is 2.98. The van der Waals surface area contributed by atoms with E-state index >= 15 is 0 Å². The molecular weight excluding hydrogens is 376 g/mol. The molecule has 4 aliphatic rings. The van der Waals surface area contributed by atoms with Gasteiger partial charge in [-0.25, -0.2) is 0 Å². The van der Waals surface area contributed by atoms with Gasteiger partial charge in [0.15, 0.2) is 0 Å². The largest absolute Gasteiger partial charge is 0.481 e. The molecule has 0 aromatic heterocycles. The van der Waals surface area contributed by atoms with E-state index in [0.29, 0.717) is 35.5 Å². The first-order chi connectivity index (χ1) is 13.2. The summed E-state index contributed by atoms with van der Waals surface area (Å²) in [5, 5.41) is 30.5. The molecule has 0 saturated heterocycles. The molecule has 30 heavy (non-hydrogen) atoms. The topological polar surface area (TPSA) is 77.8 Å². The van der Waals surface area contributed by atoms with Gasteiger partial charge in [0.2, 0.25) is 0 Å². The molecule has 4 nitrogen and oxygen atoms in total. The van der Waals surface area contributed by atoms with Crippen LogP contribution in [0.2, 0.25) is 0 Å². The second kappa shape index (κ2) is 9.10. The Bertz CT molecular complexity index is 606.